The van der Waals surface area contributed by atoms with E-state index in [1.807, 2.05) is 55.5 Å². The van der Waals surface area contributed by atoms with E-state index < -0.39 is 0 Å². The van der Waals surface area contributed by atoms with Gasteiger partial charge < -0.3 is 33.6 Å². The SMILES string of the molecule is COc1ccc(OCCn2c(C(C)NC(=O)c3cc(OC)c(OC)c(OC)c3)nc3ccccc32)cc1. The number of ether oxygens (including phenoxy) is 5. The van der Waals surface area contributed by atoms with Crippen molar-refractivity contribution < 1.29 is 28.5 Å². The molecular weight excluding hydrogens is 474 g/mol. The summed E-state index contributed by atoms with van der Waals surface area (Å²) in [5, 5.41) is 3.05. The number of nitrogens with one attached hydrogen (secondary N) is 1. The van der Waals surface area contributed by atoms with E-state index >= 15 is 0 Å². The summed E-state index contributed by atoms with van der Waals surface area (Å²) in [6, 6.07) is 18.2. The van der Waals surface area contributed by atoms with E-state index in [4.69, 9.17) is 28.7 Å². The van der Waals surface area contributed by atoms with Gasteiger partial charge in [0, 0.05) is 5.56 Å². The number of amides is 1. The molecule has 9 nitrogen and oxygen atoms in total. The number of carbonyl (C=O) groups excluding carboxylic acids is 1. The van der Waals surface area contributed by atoms with Crippen LogP contribution in [0, 0.1) is 0 Å². The van der Waals surface area contributed by atoms with Crippen molar-refractivity contribution >= 4 is 16.9 Å². The monoisotopic (exact) mass is 505 g/mol. The number of fused-ring (bicyclic) bond motifs is 1. The Kier molecular flexibility index (Phi) is 8.02. The zero-order chi connectivity index (χ0) is 26.4. The zero-order valence-corrected chi connectivity index (χ0v) is 21.6. The topological polar surface area (TPSA) is 93.1 Å². The smallest absolute Gasteiger partial charge is 0.252 e. The lowest BCUT2D eigenvalue weighted by Gasteiger charge is -2.18. The second-order valence-electron chi connectivity index (χ2n) is 8.24. The van der Waals surface area contributed by atoms with Crippen molar-refractivity contribution in [2.45, 2.75) is 19.5 Å². The van der Waals surface area contributed by atoms with Crippen molar-refractivity contribution in [2.75, 3.05) is 35.0 Å². The lowest BCUT2D eigenvalue weighted by atomic mass is 10.1. The van der Waals surface area contributed by atoms with Gasteiger partial charge in [-0.3, -0.25) is 4.79 Å². The summed E-state index contributed by atoms with van der Waals surface area (Å²) in [6.07, 6.45) is 0. The molecule has 0 aliphatic heterocycles. The molecule has 0 fully saturated rings. The van der Waals surface area contributed by atoms with Crippen LogP contribution in [0.25, 0.3) is 11.0 Å². The number of aromatic nitrogens is 2. The van der Waals surface area contributed by atoms with Crippen LogP contribution in [-0.2, 0) is 6.54 Å². The number of carbonyl (C=O) groups is 1. The first-order valence-corrected chi connectivity index (χ1v) is 11.8. The normalized spacial score (nSPS) is 11.6. The van der Waals surface area contributed by atoms with Crippen LogP contribution in [0.2, 0.25) is 0 Å². The van der Waals surface area contributed by atoms with Crippen LogP contribution in [-0.4, -0.2) is 50.5 Å². The fraction of sp³-hybridized carbons (Fsp3) is 0.286. The van der Waals surface area contributed by atoms with Crippen molar-refractivity contribution in [2.24, 2.45) is 0 Å². The van der Waals surface area contributed by atoms with E-state index in [0.717, 1.165) is 28.4 Å². The molecule has 1 N–H and O–H groups in total. The molecule has 4 aromatic rings. The number of methoxy groups -OCH3 is 4. The fourth-order valence-corrected chi connectivity index (χ4v) is 4.14. The Labute approximate surface area is 215 Å². The Morgan fingerprint density at radius 2 is 1.54 bits per heavy atom. The maximum Gasteiger partial charge on any atom is 0.252 e. The Bertz CT molecular complexity index is 1340. The predicted octanol–water partition coefficient (Wildman–Crippen LogP) is 4.64. The van der Waals surface area contributed by atoms with Crippen LogP contribution in [0.3, 0.4) is 0 Å². The Morgan fingerprint density at radius 3 is 2.16 bits per heavy atom. The van der Waals surface area contributed by atoms with Gasteiger partial charge in [-0.15, -0.1) is 0 Å². The van der Waals surface area contributed by atoms with E-state index in [9.17, 15) is 4.79 Å². The summed E-state index contributed by atoms with van der Waals surface area (Å²) in [4.78, 5) is 18.0. The molecule has 0 aliphatic rings. The van der Waals surface area contributed by atoms with Crippen LogP contribution in [0.5, 0.6) is 28.7 Å². The maximum atomic E-state index is 13.2. The molecule has 0 spiro atoms. The van der Waals surface area contributed by atoms with Crippen molar-refractivity contribution in [3.63, 3.8) is 0 Å². The molecule has 1 heterocycles. The molecule has 194 valence electrons. The summed E-state index contributed by atoms with van der Waals surface area (Å²) < 4.78 is 29.4. The van der Waals surface area contributed by atoms with E-state index in [0.29, 0.717) is 36.0 Å². The number of rotatable bonds is 11. The highest BCUT2D eigenvalue weighted by molar-refractivity contribution is 5.96. The minimum atomic E-state index is -0.389. The molecule has 9 heteroatoms. The molecule has 1 amide bonds. The minimum absolute atomic E-state index is 0.292. The third-order valence-corrected chi connectivity index (χ3v) is 5.99. The first kappa shape index (κ1) is 25.7. The van der Waals surface area contributed by atoms with Gasteiger partial charge in [-0.05, 0) is 55.5 Å². The van der Waals surface area contributed by atoms with Crippen LogP contribution in [0.1, 0.15) is 29.1 Å². The van der Waals surface area contributed by atoms with Crippen molar-refractivity contribution in [3.05, 3.63) is 72.1 Å². The second kappa shape index (κ2) is 11.6. The highest BCUT2D eigenvalue weighted by Gasteiger charge is 2.22. The lowest BCUT2D eigenvalue weighted by Crippen LogP contribution is -2.29. The van der Waals surface area contributed by atoms with Gasteiger partial charge in [0.05, 0.1) is 52.1 Å². The molecule has 1 atom stereocenters. The molecule has 0 saturated heterocycles. The Hall–Kier alpha value is -4.40. The average molecular weight is 506 g/mol. The average Bonchev–Trinajstić information content (AvgIpc) is 3.31. The molecule has 37 heavy (non-hydrogen) atoms. The molecule has 3 aromatic carbocycles. The third kappa shape index (κ3) is 5.55. The zero-order valence-electron chi connectivity index (χ0n) is 21.6. The number of hydrogen-bond acceptors (Lipinski definition) is 7. The summed E-state index contributed by atoms with van der Waals surface area (Å²) in [5.74, 6) is 3.18. The molecule has 1 aromatic heterocycles. The molecule has 0 aliphatic carbocycles. The summed E-state index contributed by atoms with van der Waals surface area (Å²) in [6.45, 7) is 2.87. The minimum Gasteiger partial charge on any atom is -0.497 e. The van der Waals surface area contributed by atoms with E-state index in [-0.39, 0.29) is 11.9 Å². The second-order valence-corrected chi connectivity index (χ2v) is 8.24. The fourth-order valence-electron chi connectivity index (χ4n) is 4.14. The van der Waals surface area contributed by atoms with Gasteiger partial charge in [0.1, 0.15) is 23.9 Å². The quantitative estimate of drug-likeness (QED) is 0.317. The van der Waals surface area contributed by atoms with Crippen molar-refractivity contribution in [1.82, 2.24) is 14.9 Å². The van der Waals surface area contributed by atoms with Gasteiger partial charge in [0.25, 0.3) is 5.91 Å². The predicted molar refractivity (Wildman–Crippen MR) is 140 cm³/mol. The van der Waals surface area contributed by atoms with Gasteiger partial charge in [-0.2, -0.15) is 0 Å². The first-order valence-electron chi connectivity index (χ1n) is 11.8. The molecule has 1 unspecified atom stereocenters. The van der Waals surface area contributed by atoms with Gasteiger partial charge in [0.2, 0.25) is 5.75 Å². The number of para-hydroxylation sites is 2. The summed E-state index contributed by atoms with van der Waals surface area (Å²) >= 11 is 0. The number of nitrogens with zero attached hydrogens (tertiary/aromatic N) is 2. The van der Waals surface area contributed by atoms with Crippen LogP contribution < -0.4 is 29.0 Å². The lowest BCUT2D eigenvalue weighted by molar-refractivity contribution is 0.0936. The number of imidazole rings is 1. The van der Waals surface area contributed by atoms with Crippen LogP contribution >= 0.6 is 0 Å². The van der Waals surface area contributed by atoms with Crippen molar-refractivity contribution in [3.8, 4) is 28.7 Å². The molecule has 0 bridgehead atoms. The van der Waals surface area contributed by atoms with E-state index in [1.54, 1.807) is 19.2 Å². The van der Waals surface area contributed by atoms with Gasteiger partial charge in [-0.1, -0.05) is 12.1 Å². The summed E-state index contributed by atoms with van der Waals surface area (Å²) in [7, 11) is 6.17. The highest BCUT2D eigenvalue weighted by atomic mass is 16.5. The van der Waals surface area contributed by atoms with Gasteiger partial charge in [0.15, 0.2) is 11.5 Å². The molecule has 0 saturated carbocycles. The summed E-state index contributed by atoms with van der Waals surface area (Å²) in [5.41, 5.74) is 2.19. The third-order valence-electron chi connectivity index (χ3n) is 5.99. The number of hydrogen-bond donors (Lipinski definition) is 1. The first-order chi connectivity index (χ1) is 18.0. The van der Waals surface area contributed by atoms with Crippen LogP contribution in [0.15, 0.2) is 60.7 Å². The van der Waals surface area contributed by atoms with E-state index in [2.05, 4.69) is 9.88 Å². The Morgan fingerprint density at radius 1 is 0.892 bits per heavy atom. The standard InChI is InChI=1S/C28H31N3O6/c1-18(29-28(32)19-16-24(34-3)26(36-5)25(17-19)35-4)27-30-22-8-6-7-9-23(22)31(27)14-15-37-21-12-10-20(33-2)11-13-21/h6-13,16-18H,14-15H2,1-5H3,(H,29,32). The maximum absolute atomic E-state index is 13.2. The van der Waals surface area contributed by atoms with Crippen LogP contribution in [0.4, 0.5) is 0 Å². The van der Waals surface area contributed by atoms with Gasteiger partial charge >= 0.3 is 0 Å². The largest absolute Gasteiger partial charge is 0.497 e. The van der Waals surface area contributed by atoms with E-state index in [1.165, 1.54) is 21.3 Å². The molecule has 0 radical (unpaired) electrons. The Balaban J connectivity index is 1.55. The number of benzene rings is 3. The van der Waals surface area contributed by atoms with Crippen molar-refractivity contribution in [1.29, 1.82) is 0 Å². The molecular formula is C28H31N3O6. The van der Waals surface area contributed by atoms with Gasteiger partial charge in [-0.25, -0.2) is 4.98 Å². The highest BCUT2D eigenvalue weighted by Crippen LogP contribution is 2.38. The molecule has 4 rings (SSSR count).